The van der Waals surface area contributed by atoms with Crippen molar-refractivity contribution in [3.8, 4) is 11.5 Å². The zero-order chi connectivity index (χ0) is 24.4. The number of nitrogens with two attached hydrogens (primary N) is 1. The Morgan fingerprint density at radius 1 is 1.21 bits per heavy atom. The average molecular weight is 478 g/mol. The number of carbonyl (C=O) groups is 2. The van der Waals surface area contributed by atoms with Crippen LogP contribution in [0.2, 0.25) is 0 Å². The molecule has 0 atom stereocenters. The number of ether oxygens (including phenoxy) is 4. The minimum atomic E-state index is -0.882. The van der Waals surface area contributed by atoms with Gasteiger partial charge in [-0.25, -0.2) is 14.6 Å². The minimum Gasteiger partial charge on any atom is -0.461 e. The van der Waals surface area contributed by atoms with Crippen LogP contribution >= 0.6 is 11.3 Å². The molecule has 0 aliphatic carbocycles. The number of oxime groups is 1. The van der Waals surface area contributed by atoms with Gasteiger partial charge in [0.15, 0.2) is 16.6 Å². The number of thiazole rings is 1. The maximum absolute atomic E-state index is 12.9. The minimum absolute atomic E-state index is 0.134. The number of benzene rings is 1. The number of aromatic nitrogens is 1. The fraction of sp³-hybridized carbons (Fsp3) is 0.455. The van der Waals surface area contributed by atoms with Crippen LogP contribution in [0, 0.1) is 0 Å². The molecule has 3 rings (SSSR count). The second-order valence-corrected chi connectivity index (χ2v) is 9.46. The molecule has 0 unspecified atom stereocenters. The van der Waals surface area contributed by atoms with E-state index >= 15 is 0 Å². The van der Waals surface area contributed by atoms with Gasteiger partial charge in [0.25, 0.3) is 0 Å². The molecule has 1 aromatic heterocycles. The van der Waals surface area contributed by atoms with Gasteiger partial charge in [-0.2, -0.15) is 0 Å². The number of hydrogen-bond acceptors (Lipinski definition) is 11. The average Bonchev–Trinajstić information content (AvgIpc) is 3.23. The number of anilines is 1. The van der Waals surface area contributed by atoms with Gasteiger partial charge in [-0.05, 0) is 39.8 Å². The maximum Gasteiger partial charge on any atom is 0.362 e. The standard InChI is InChI=1S/C22H27N3O7S/c1-7-28-19(27)17(14-11-33-20(23)24-14)25-29-10-12-8-15-16(31-22(5,6)30-15)9-13(12)18(26)32-21(2,3)4/h8-9,11H,7,10H2,1-6H3,(H2,23,24). The van der Waals surface area contributed by atoms with Crippen LogP contribution in [-0.4, -0.2) is 40.6 Å². The molecule has 33 heavy (non-hydrogen) atoms. The first kappa shape index (κ1) is 24.3. The Kier molecular flexibility index (Phi) is 6.82. The van der Waals surface area contributed by atoms with E-state index < -0.39 is 23.3 Å². The van der Waals surface area contributed by atoms with E-state index in [9.17, 15) is 9.59 Å². The van der Waals surface area contributed by atoms with E-state index in [4.69, 9.17) is 29.5 Å². The van der Waals surface area contributed by atoms with Crippen molar-refractivity contribution in [3.05, 3.63) is 34.3 Å². The first-order valence-corrected chi connectivity index (χ1v) is 11.1. The Bertz CT molecular complexity index is 1090. The number of esters is 2. The van der Waals surface area contributed by atoms with Gasteiger partial charge in [-0.1, -0.05) is 5.16 Å². The van der Waals surface area contributed by atoms with Crippen LogP contribution in [0.3, 0.4) is 0 Å². The Labute approximate surface area is 195 Å². The number of fused-ring (bicyclic) bond motifs is 1. The van der Waals surface area contributed by atoms with E-state index in [1.165, 1.54) is 0 Å². The summed E-state index contributed by atoms with van der Waals surface area (Å²) in [4.78, 5) is 34.7. The van der Waals surface area contributed by atoms with Crippen LogP contribution in [0.25, 0.3) is 0 Å². The van der Waals surface area contributed by atoms with Gasteiger partial charge in [0.05, 0.1) is 12.2 Å². The van der Waals surface area contributed by atoms with E-state index in [2.05, 4.69) is 10.1 Å². The van der Waals surface area contributed by atoms with Crippen LogP contribution in [0.1, 0.15) is 63.2 Å². The monoisotopic (exact) mass is 477 g/mol. The molecular weight excluding hydrogens is 450 g/mol. The van der Waals surface area contributed by atoms with Crippen LogP contribution in [0.15, 0.2) is 22.7 Å². The fourth-order valence-electron chi connectivity index (χ4n) is 2.91. The summed E-state index contributed by atoms with van der Waals surface area (Å²) in [5.74, 6) is -1.28. The first-order valence-electron chi connectivity index (χ1n) is 10.3. The van der Waals surface area contributed by atoms with Gasteiger partial charge in [0, 0.05) is 24.8 Å². The van der Waals surface area contributed by atoms with Crippen LogP contribution in [-0.2, 0) is 25.7 Å². The molecule has 1 aliphatic heterocycles. The Balaban J connectivity index is 1.91. The highest BCUT2D eigenvalue weighted by Gasteiger charge is 2.34. The molecule has 0 saturated heterocycles. The lowest BCUT2D eigenvalue weighted by Gasteiger charge is -2.20. The van der Waals surface area contributed by atoms with Crippen LogP contribution in [0.4, 0.5) is 5.13 Å². The van der Waals surface area contributed by atoms with E-state index in [1.54, 1.807) is 59.1 Å². The van der Waals surface area contributed by atoms with Crippen molar-refractivity contribution in [1.82, 2.24) is 4.98 Å². The third-order valence-electron chi connectivity index (χ3n) is 4.11. The van der Waals surface area contributed by atoms with Crippen molar-refractivity contribution in [1.29, 1.82) is 0 Å². The van der Waals surface area contributed by atoms with Crippen molar-refractivity contribution >= 4 is 34.1 Å². The van der Waals surface area contributed by atoms with Crippen molar-refractivity contribution in [2.24, 2.45) is 5.16 Å². The van der Waals surface area contributed by atoms with E-state index in [0.717, 1.165) is 11.3 Å². The molecule has 2 N–H and O–H groups in total. The van der Waals surface area contributed by atoms with Gasteiger partial charge < -0.3 is 29.5 Å². The third-order valence-corrected chi connectivity index (χ3v) is 4.78. The maximum atomic E-state index is 12.9. The lowest BCUT2D eigenvalue weighted by molar-refractivity contribution is -0.135. The molecular formula is C22H27N3O7S. The van der Waals surface area contributed by atoms with Crippen molar-refractivity contribution in [2.75, 3.05) is 12.3 Å². The summed E-state index contributed by atoms with van der Waals surface area (Å²) in [5.41, 5.74) is 5.74. The number of rotatable bonds is 7. The van der Waals surface area contributed by atoms with Gasteiger partial charge >= 0.3 is 11.9 Å². The number of carbonyl (C=O) groups excluding carboxylic acids is 2. The molecule has 10 nitrogen and oxygen atoms in total. The zero-order valence-electron chi connectivity index (χ0n) is 19.4. The van der Waals surface area contributed by atoms with Gasteiger partial charge in [0.2, 0.25) is 11.5 Å². The highest BCUT2D eigenvalue weighted by Crippen LogP contribution is 2.41. The topological polar surface area (TPSA) is 132 Å². The molecule has 0 saturated carbocycles. The second kappa shape index (κ2) is 9.26. The summed E-state index contributed by atoms with van der Waals surface area (Å²) in [7, 11) is 0. The summed E-state index contributed by atoms with van der Waals surface area (Å²) in [6, 6.07) is 3.18. The summed E-state index contributed by atoms with van der Waals surface area (Å²) in [5, 5.41) is 5.77. The highest BCUT2D eigenvalue weighted by atomic mass is 32.1. The lowest BCUT2D eigenvalue weighted by Crippen LogP contribution is -2.29. The predicted molar refractivity (Wildman–Crippen MR) is 121 cm³/mol. The molecule has 0 amide bonds. The molecule has 178 valence electrons. The van der Waals surface area contributed by atoms with Crippen molar-refractivity contribution in [2.45, 2.75) is 59.5 Å². The molecule has 0 bridgehead atoms. The molecule has 1 aliphatic rings. The van der Waals surface area contributed by atoms with Gasteiger partial charge in [-0.3, -0.25) is 0 Å². The molecule has 11 heteroatoms. The molecule has 2 aromatic rings. The van der Waals surface area contributed by atoms with E-state index in [1.807, 2.05) is 0 Å². The Hall–Kier alpha value is -3.34. The largest absolute Gasteiger partial charge is 0.461 e. The Morgan fingerprint density at radius 3 is 2.45 bits per heavy atom. The number of nitrogens with zero attached hydrogens (tertiary/aromatic N) is 2. The summed E-state index contributed by atoms with van der Waals surface area (Å²) in [6.07, 6.45) is 0. The van der Waals surface area contributed by atoms with Crippen molar-refractivity contribution in [3.63, 3.8) is 0 Å². The van der Waals surface area contributed by atoms with E-state index in [0.29, 0.717) is 17.1 Å². The first-order chi connectivity index (χ1) is 15.4. The smallest absolute Gasteiger partial charge is 0.362 e. The zero-order valence-corrected chi connectivity index (χ0v) is 20.2. The van der Waals surface area contributed by atoms with Gasteiger partial charge in [-0.15, -0.1) is 11.3 Å². The summed E-state index contributed by atoms with van der Waals surface area (Å²) in [6.45, 7) is 10.5. The normalized spacial score (nSPS) is 14.7. The fourth-order valence-corrected chi connectivity index (χ4v) is 3.45. The summed E-state index contributed by atoms with van der Waals surface area (Å²) < 4.78 is 22.1. The summed E-state index contributed by atoms with van der Waals surface area (Å²) >= 11 is 1.15. The van der Waals surface area contributed by atoms with E-state index in [-0.39, 0.29) is 35.3 Å². The quantitative estimate of drug-likeness (QED) is 0.360. The Morgan fingerprint density at radius 2 is 1.88 bits per heavy atom. The lowest BCUT2D eigenvalue weighted by atomic mass is 10.1. The molecule has 2 heterocycles. The highest BCUT2D eigenvalue weighted by molar-refractivity contribution is 7.13. The number of nitrogen functional groups attached to an aromatic ring is 1. The van der Waals surface area contributed by atoms with Crippen LogP contribution < -0.4 is 15.2 Å². The second-order valence-electron chi connectivity index (χ2n) is 8.57. The molecule has 0 spiro atoms. The molecule has 0 fully saturated rings. The SMILES string of the molecule is CCOC(=O)C(=NOCc1cc2c(cc1C(=O)OC(C)(C)C)OC(C)(C)O2)c1csc(N)n1. The predicted octanol–water partition coefficient (Wildman–Crippen LogP) is 3.67. The van der Waals surface area contributed by atoms with Crippen LogP contribution in [0.5, 0.6) is 11.5 Å². The van der Waals surface area contributed by atoms with Gasteiger partial charge in [0.1, 0.15) is 17.9 Å². The number of hydrogen-bond donors (Lipinski definition) is 1. The molecule has 0 radical (unpaired) electrons. The van der Waals surface area contributed by atoms with Crippen molar-refractivity contribution < 1.29 is 33.4 Å². The third kappa shape index (κ3) is 6.13. The molecule has 1 aromatic carbocycles.